The quantitative estimate of drug-likeness (QED) is 0.793. The summed E-state index contributed by atoms with van der Waals surface area (Å²) < 4.78 is 7.29. The molecule has 0 aliphatic heterocycles. The Labute approximate surface area is 126 Å². The van der Waals surface area contributed by atoms with E-state index in [9.17, 15) is 0 Å². The average Bonchev–Trinajstić information content (AvgIpc) is 2.71. The fraction of sp³-hybridized carbons (Fsp3) is 0.786. The normalized spacial score (nSPS) is 14.6. The fourth-order valence-corrected chi connectivity index (χ4v) is 3.14. The van der Waals surface area contributed by atoms with Crippen LogP contribution in [0.25, 0.3) is 0 Å². The zero-order valence-electron chi connectivity index (χ0n) is 13.5. The summed E-state index contributed by atoms with van der Waals surface area (Å²) in [5.41, 5.74) is 8.13. The van der Waals surface area contributed by atoms with Gasteiger partial charge in [0.15, 0.2) is 0 Å². The van der Waals surface area contributed by atoms with Crippen molar-refractivity contribution in [1.29, 1.82) is 0 Å². The number of likely N-dealkylation sites (N-methyl/N-ethyl adjacent to an activating group) is 1. The molecule has 0 spiro atoms. The van der Waals surface area contributed by atoms with Gasteiger partial charge in [-0.25, -0.2) is 4.68 Å². The fourth-order valence-electron chi connectivity index (χ4n) is 2.57. The van der Waals surface area contributed by atoms with Gasteiger partial charge in [0.05, 0.1) is 24.4 Å². The highest BCUT2D eigenvalue weighted by atomic mass is 32.2. The highest BCUT2D eigenvalue weighted by Crippen LogP contribution is 2.32. The van der Waals surface area contributed by atoms with E-state index in [-0.39, 0.29) is 6.04 Å². The Morgan fingerprint density at radius 1 is 1.50 bits per heavy atom. The Morgan fingerprint density at radius 2 is 2.15 bits per heavy atom. The van der Waals surface area contributed by atoms with Crippen LogP contribution >= 0.6 is 11.8 Å². The van der Waals surface area contributed by atoms with Crippen molar-refractivity contribution in [1.82, 2.24) is 14.7 Å². The van der Waals surface area contributed by atoms with Gasteiger partial charge >= 0.3 is 0 Å². The summed E-state index contributed by atoms with van der Waals surface area (Å²) in [6.07, 6.45) is 3.29. The van der Waals surface area contributed by atoms with E-state index >= 15 is 0 Å². The number of hydrogen-bond acceptors (Lipinski definition) is 5. The minimum atomic E-state index is 0.135. The topological polar surface area (TPSA) is 56.3 Å². The van der Waals surface area contributed by atoms with E-state index in [0.717, 1.165) is 29.3 Å². The molecule has 0 aliphatic carbocycles. The predicted octanol–water partition coefficient (Wildman–Crippen LogP) is 1.81. The lowest BCUT2D eigenvalue weighted by molar-refractivity contribution is 0.181. The third-order valence-corrected chi connectivity index (χ3v) is 4.53. The van der Waals surface area contributed by atoms with Gasteiger partial charge < -0.3 is 10.5 Å². The monoisotopic (exact) mass is 300 g/mol. The molecule has 1 aromatic heterocycles. The van der Waals surface area contributed by atoms with Gasteiger partial charge in [0.2, 0.25) is 5.88 Å². The first kappa shape index (κ1) is 17.3. The van der Waals surface area contributed by atoms with E-state index in [1.54, 1.807) is 11.8 Å². The Bertz CT molecular complexity index is 422. The van der Waals surface area contributed by atoms with E-state index in [1.165, 1.54) is 0 Å². The zero-order valence-corrected chi connectivity index (χ0v) is 14.3. The third-order valence-electron chi connectivity index (χ3n) is 3.89. The van der Waals surface area contributed by atoms with Gasteiger partial charge in [0, 0.05) is 19.6 Å². The van der Waals surface area contributed by atoms with Crippen molar-refractivity contribution in [2.24, 2.45) is 12.8 Å². The first-order valence-corrected chi connectivity index (χ1v) is 8.35. The Kier molecular flexibility index (Phi) is 6.85. The summed E-state index contributed by atoms with van der Waals surface area (Å²) >= 11 is 1.88. The molecule has 0 radical (unpaired) electrons. The van der Waals surface area contributed by atoms with Crippen molar-refractivity contribution in [3.63, 3.8) is 0 Å². The van der Waals surface area contributed by atoms with Crippen LogP contribution in [-0.2, 0) is 7.05 Å². The molecular weight excluding hydrogens is 272 g/mol. The van der Waals surface area contributed by atoms with E-state index in [4.69, 9.17) is 10.5 Å². The van der Waals surface area contributed by atoms with Crippen molar-refractivity contribution in [3.8, 4) is 5.88 Å². The van der Waals surface area contributed by atoms with Crippen molar-refractivity contribution in [3.05, 3.63) is 11.3 Å². The summed E-state index contributed by atoms with van der Waals surface area (Å²) in [5.74, 6) is 1.97. The molecule has 2 atom stereocenters. The first-order chi connectivity index (χ1) is 9.47. The van der Waals surface area contributed by atoms with Crippen molar-refractivity contribution in [2.75, 3.05) is 32.7 Å². The molecule has 1 heterocycles. The number of hydrogen-bond donors (Lipinski definition) is 1. The number of rotatable bonds is 8. The maximum atomic E-state index is 6.03. The molecule has 0 aliphatic rings. The third kappa shape index (κ3) is 3.68. The van der Waals surface area contributed by atoms with Crippen LogP contribution < -0.4 is 10.5 Å². The molecule has 116 valence electrons. The number of aromatic nitrogens is 2. The largest absolute Gasteiger partial charge is 0.481 e. The molecule has 0 amide bonds. The van der Waals surface area contributed by atoms with Gasteiger partial charge in [-0.2, -0.15) is 16.9 Å². The maximum absolute atomic E-state index is 6.03. The molecule has 0 bridgehead atoms. The van der Waals surface area contributed by atoms with E-state index in [0.29, 0.717) is 12.6 Å². The second-order valence-corrected chi connectivity index (χ2v) is 6.17. The molecule has 20 heavy (non-hydrogen) atoms. The van der Waals surface area contributed by atoms with Crippen LogP contribution in [0.5, 0.6) is 5.88 Å². The van der Waals surface area contributed by atoms with Crippen LogP contribution in [-0.4, -0.2) is 53.4 Å². The number of ether oxygens (including phenoxy) is 1. The van der Waals surface area contributed by atoms with Crippen LogP contribution in [0, 0.1) is 6.92 Å². The van der Waals surface area contributed by atoms with Crippen LogP contribution in [0.1, 0.15) is 30.6 Å². The molecule has 0 saturated heterocycles. The Balaban J connectivity index is 3.01. The summed E-state index contributed by atoms with van der Waals surface area (Å²) in [6.45, 7) is 4.82. The zero-order chi connectivity index (χ0) is 15.3. The van der Waals surface area contributed by atoms with Gasteiger partial charge in [0.1, 0.15) is 0 Å². The van der Waals surface area contributed by atoms with Gasteiger partial charge in [-0.15, -0.1) is 0 Å². The van der Waals surface area contributed by atoms with Crippen molar-refractivity contribution < 1.29 is 4.74 Å². The van der Waals surface area contributed by atoms with Gasteiger partial charge in [-0.05, 0) is 39.3 Å². The average molecular weight is 300 g/mol. The first-order valence-electron chi connectivity index (χ1n) is 6.96. The molecule has 0 aromatic carbocycles. The minimum absolute atomic E-state index is 0.135. The van der Waals surface area contributed by atoms with Gasteiger partial charge in [-0.1, -0.05) is 0 Å². The minimum Gasteiger partial charge on any atom is -0.481 e. The number of aryl methyl sites for hydroxylation is 2. The van der Waals surface area contributed by atoms with E-state index < -0.39 is 0 Å². The number of methoxy groups -OCH3 is 1. The smallest absolute Gasteiger partial charge is 0.216 e. The molecule has 1 rings (SSSR count). The molecule has 2 N–H and O–H groups in total. The van der Waals surface area contributed by atoms with Crippen LogP contribution in [0.15, 0.2) is 0 Å². The maximum Gasteiger partial charge on any atom is 0.216 e. The molecule has 2 unspecified atom stereocenters. The summed E-state index contributed by atoms with van der Waals surface area (Å²) in [7, 11) is 5.72. The Morgan fingerprint density at radius 3 is 2.65 bits per heavy atom. The molecular formula is C14H28N4OS. The summed E-state index contributed by atoms with van der Waals surface area (Å²) in [5, 5.41) is 4.46. The lowest BCUT2D eigenvalue weighted by atomic mass is 10.0. The number of nitrogens with zero attached hydrogens (tertiary/aromatic N) is 3. The number of nitrogens with two attached hydrogens (primary N) is 1. The van der Waals surface area contributed by atoms with Crippen molar-refractivity contribution >= 4 is 11.8 Å². The summed E-state index contributed by atoms with van der Waals surface area (Å²) in [4.78, 5) is 2.34. The van der Waals surface area contributed by atoms with Crippen LogP contribution in [0.2, 0.25) is 0 Å². The lowest BCUT2D eigenvalue weighted by Crippen LogP contribution is -2.37. The van der Waals surface area contributed by atoms with Crippen molar-refractivity contribution in [2.45, 2.75) is 32.4 Å². The van der Waals surface area contributed by atoms with Gasteiger partial charge in [0.25, 0.3) is 0 Å². The van der Waals surface area contributed by atoms with Crippen LogP contribution in [0.4, 0.5) is 0 Å². The molecule has 0 fully saturated rings. The second-order valence-electron chi connectivity index (χ2n) is 5.18. The highest BCUT2D eigenvalue weighted by Gasteiger charge is 2.27. The standard InChI is InChI=1S/C14H28N4OS/c1-10(7-8-20-6)17(3)12(9-15)13-11(2)16-18(4)14(13)19-5/h10,12H,7-9,15H2,1-6H3. The second kappa shape index (κ2) is 7.90. The van der Waals surface area contributed by atoms with Gasteiger partial charge in [-0.3, -0.25) is 4.90 Å². The molecule has 6 heteroatoms. The predicted molar refractivity (Wildman–Crippen MR) is 86.5 cm³/mol. The Hall–Kier alpha value is -0.720. The van der Waals surface area contributed by atoms with E-state index in [1.807, 2.05) is 25.7 Å². The lowest BCUT2D eigenvalue weighted by Gasteiger charge is -2.32. The highest BCUT2D eigenvalue weighted by molar-refractivity contribution is 7.98. The molecule has 5 nitrogen and oxygen atoms in total. The SMILES string of the molecule is COc1c(C(CN)N(C)C(C)CCSC)c(C)nn1C. The van der Waals surface area contributed by atoms with Crippen LogP contribution in [0.3, 0.4) is 0 Å². The summed E-state index contributed by atoms with van der Waals surface area (Å²) in [6, 6.07) is 0.607. The molecule has 1 aromatic rings. The van der Waals surface area contributed by atoms with E-state index in [2.05, 4.69) is 30.2 Å². The molecule has 0 saturated carbocycles. The number of thioether (sulfide) groups is 1.